The Kier molecular flexibility index (Phi) is 7.47. The molecule has 3 N–H and O–H groups in total. The lowest BCUT2D eigenvalue weighted by atomic mass is 9.88. The van der Waals surface area contributed by atoms with Crippen LogP contribution in [0, 0.1) is 5.82 Å². The lowest BCUT2D eigenvalue weighted by molar-refractivity contribution is 0.0470. The molecule has 4 rings (SSSR count). The zero-order valence-corrected chi connectivity index (χ0v) is 22.9. The van der Waals surface area contributed by atoms with Gasteiger partial charge < -0.3 is 15.0 Å². The normalized spacial score (nSPS) is 17.9. The van der Waals surface area contributed by atoms with E-state index in [2.05, 4.69) is 35.9 Å². The Bertz CT molecular complexity index is 1400. The Hall–Kier alpha value is -2.47. The summed E-state index contributed by atoms with van der Waals surface area (Å²) in [6, 6.07) is 8.71. The summed E-state index contributed by atoms with van der Waals surface area (Å²) in [5.41, 5.74) is 0.967. The quantitative estimate of drug-likeness (QED) is 0.340. The van der Waals surface area contributed by atoms with E-state index in [0.29, 0.717) is 40.0 Å². The van der Waals surface area contributed by atoms with Gasteiger partial charge in [0, 0.05) is 29.4 Å². The van der Waals surface area contributed by atoms with Gasteiger partial charge in [0.15, 0.2) is 0 Å². The molecule has 1 aliphatic carbocycles. The van der Waals surface area contributed by atoms with Crippen LogP contribution in [0.15, 0.2) is 52.0 Å². The largest absolute Gasteiger partial charge is 0.444 e. The van der Waals surface area contributed by atoms with E-state index in [9.17, 15) is 17.6 Å². The van der Waals surface area contributed by atoms with Crippen LogP contribution in [0.2, 0.25) is 5.02 Å². The summed E-state index contributed by atoms with van der Waals surface area (Å²) in [6.07, 6.45) is 1.95. The van der Waals surface area contributed by atoms with Gasteiger partial charge in [0.05, 0.1) is 15.2 Å². The summed E-state index contributed by atoms with van der Waals surface area (Å²) in [5.74, 6) is -0.00534. The second-order valence-electron chi connectivity index (χ2n) is 9.54. The van der Waals surface area contributed by atoms with E-state index in [1.165, 1.54) is 18.2 Å². The predicted octanol–water partition coefficient (Wildman–Crippen LogP) is 5.63. The number of imidazole rings is 1. The first-order valence-electron chi connectivity index (χ1n) is 11.1. The van der Waals surface area contributed by atoms with Gasteiger partial charge >= 0.3 is 6.09 Å². The molecule has 0 unspecified atom stereocenters. The average Bonchev–Trinajstić information content (AvgIpc) is 3.23. The number of aromatic amines is 1. The van der Waals surface area contributed by atoms with Crippen molar-refractivity contribution in [1.29, 1.82) is 0 Å². The lowest BCUT2D eigenvalue weighted by Gasteiger charge is -2.36. The van der Waals surface area contributed by atoms with Crippen LogP contribution in [-0.2, 0) is 14.8 Å². The highest BCUT2D eigenvalue weighted by atomic mass is 79.9. The number of hydrogen-bond acceptors (Lipinski definition) is 5. The summed E-state index contributed by atoms with van der Waals surface area (Å²) in [7, 11) is -3.94. The van der Waals surface area contributed by atoms with Crippen LogP contribution in [-0.4, -0.2) is 42.2 Å². The number of sulfonamides is 1. The molecule has 0 saturated heterocycles. The number of carbonyl (C=O) groups is 1. The van der Waals surface area contributed by atoms with Gasteiger partial charge in [-0.2, -0.15) is 0 Å². The van der Waals surface area contributed by atoms with Gasteiger partial charge in [-0.3, -0.25) is 0 Å². The van der Waals surface area contributed by atoms with Gasteiger partial charge in [-0.25, -0.2) is 27.3 Å². The molecule has 1 fully saturated rings. The number of amides is 1. The van der Waals surface area contributed by atoms with E-state index in [1.807, 2.05) is 0 Å². The van der Waals surface area contributed by atoms with Crippen molar-refractivity contribution in [2.75, 3.05) is 0 Å². The van der Waals surface area contributed by atoms with Crippen LogP contribution in [0.1, 0.15) is 33.6 Å². The van der Waals surface area contributed by atoms with Gasteiger partial charge in [0.1, 0.15) is 22.1 Å². The first kappa shape index (κ1) is 26.6. The molecule has 0 radical (unpaired) electrons. The number of benzene rings is 2. The molecule has 1 heterocycles. The van der Waals surface area contributed by atoms with Crippen molar-refractivity contribution < 1.29 is 22.3 Å². The Labute approximate surface area is 222 Å². The Balaban J connectivity index is 1.45. The van der Waals surface area contributed by atoms with E-state index in [1.54, 1.807) is 45.2 Å². The highest BCUT2D eigenvalue weighted by molar-refractivity contribution is 9.10. The first-order chi connectivity index (χ1) is 16.8. The van der Waals surface area contributed by atoms with E-state index in [-0.39, 0.29) is 22.0 Å². The summed E-state index contributed by atoms with van der Waals surface area (Å²) in [4.78, 5) is 19.3. The number of carbonyl (C=O) groups excluding carboxylic acids is 1. The molecular weight excluding hydrogens is 575 g/mol. The summed E-state index contributed by atoms with van der Waals surface area (Å²) in [6.45, 7) is 5.31. The molecule has 1 amide bonds. The second-order valence-corrected chi connectivity index (χ2v) is 12.5. The van der Waals surface area contributed by atoms with E-state index in [0.717, 1.165) is 0 Å². The Morgan fingerprint density at radius 2 is 1.86 bits per heavy atom. The fourth-order valence-corrected chi connectivity index (χ4v) is 5.75. The maximum absolute atomic E-state index is 13.9. The minimum atomic E-state index is -3.94. The third-order valence-electron chi connectivity index (χ3n) is 5.47. The topological polar surface area (TPSA) is 113 Å². The van der Waals surface area contributed by atoms with E-state index in [4.69, 9.17) is 16.3 Å². The Morgan fingerprint density at radius 1 is 1.17 bits per heavy atom. The number of halogens is 3. The SMILES string of the molecule is CC(C)(C)OC(=O)N[C@H]1C[C@H](NS(=O)(=O)c2cc(-c3nc(-c4ccc(Br)c(F)c4)c[nH]3)ccc2Cl)C1. The second kappa shape index (κ2) is 10.1. The number of aromatic nitrogens is 2. The zero-order chi connectivity index (χ0) is 26.3. The van der Waals surface area contributed by atoms with Crippen molar-refractivity contribution in [1.82, 2.24) is 20.0 Å². The molecule has 192 valence electrons. The molecule has 0 bridgehead atoms. The molecule has 1 saturated carbocycles. The first-order valence-corrected chi connectivity index (χ1v) is 13.8. The molecule has 0 spiro atoms. The van der Waals surface area contributed by atoms with Gasteiger partial charge in [0.2, 0.25) is 10.0 Å². The molecule has 2 aromatic carbocycles. The molecule has 0 atom stereocenters. The van der Waals surface area contributed by atoms with Gasteiger partial charge in [0.25, 0.3) is 0 Å². The molecule has 1 aromatic heterocycles. The smallest absolute Gasteiger partial charge is 0.407 e. The maximum atomic E-state index is 13.9. The third kappa shape index (κ3) is 6.26. The van der Waals surface area contributed by atoms with Crippen LogP contribution in [0.4, 0.5) is 9.18 Å². The van der Waals surface area contributed by atoms with Crippen molar-refractivity contribution >= 4 is 43.6 Å². The van der Waals surface area contributed by atoms with Gasteiger partial charge in [-0.05, 0) is 79.9 Å². The summed E-state index contributed by atoms with van der Waals surface area (Å²) < 4.78 is 48.3. The van der Waals surface area contributed by atoms with Crippen molar-refractivity contribution in [2.24, 2.45) is 0 Å². The number of nitrogens with one attached hydrogen (secondary N) is 3. The van der Waals surface area contributed by atoms with Crippen molar-refractivity contribution in [2.45, 2.75) is 56.2 Å². The highest BCUT2D eigenvalue weighted by Crippen LogP contribution is 2.31. The fourth-order valence-electron chi connectivity index (χ4n) is 3.72. The molecular formula is C24H25BrClFN4O4S. The minimum Gasteiger partial charge on any atom is -0.444 e. The average molecular weight is 600 g/mol. The zero-order valence-electron chi connectivity index (χ0n) is 19.7. The number of ether oxygens (including phenoxy) is 1. The highest BCUT2D eigenvalue weighted by Gasteiger charge is 2.35. The van der Waals surface area contributed by atoms with Crippen LogP contribution in [0.3, 0.4) is 0 Å². The predicted molar refractivity (Wildman–Crippen MR) is 139 cm³/mol. The molecule has 3 aromatic rings. The minimum absolute atomic E-state index is 0.0655. The maximum Gasteiger partial charge on any atom is 0.407 e. The van der Waals surface area contributed by atoms with E-state index < -0.39 is 27.5 Å². The van der Waals surface area contributed by atoms with Crippen LogP contribution >= 0.6 is 27.5 Å². The summed E-state index contributed by atoms with van der Waals surface area (Å²) in [5, 5.41) is 2.80. The summed E-state index contributed by atoms with van der Waals surface area (Å²) >= 11 is 9.36. The van der Waals surface area contributed by atoms with Crippen molar-refractivity contribution in [3.63, 3.8) is 0 Å². The number of nitrogens with zero attached hydrogens (tertiary/aromatic N) is 1. The van der Waals surface area contributed by atoms with Crippen molar-refractivity contribution in [3.8, 4) is 22.6 Å². The molecule has 12 heteroatoms. The monoisotopic (exact) mass is 598 g/mol. The van der Waals surface area contributed by atoms with E-state index >= 15 is 0 Å². The molecule has 36 heavy (non-hydrogen) atoms. The van der Waals surface area contributed by atoms with Gasteiger partial charge in [-0.1, -0.05) is 17.7 Å². The van der Waals surface area contributed by atoms with Crippen LogP contribution < -0.4 is 10.0 Å². The Morgan fingerprint density at radius 3 is 2.53 bits per heavy atom. The number of alkyl carbamates (subject to hydrolysis) is 1. The fraction of sp³-hybridized carbons (Fsp3) is 0.333. The number of rotatable bonds is 6. The standard InChI is InChI=1S/C24H25BrClFN4O4S/c1-24(2,3)35-23(32)29-15-10-16(11-15)31-36(33,34)21-9-14(5-7-18(21)26)22-28-12-20(30-22)13-4-6-17(25)19(27)8-13/h4-9,12,15-16,31H,10-11H2,1-3H3,(H,28,30)(H,29,32)/t15-,16-. The van der Waals surface area contributed by atoms with Crippen LogP contribution in [0.5, 0.6) is 0 Å². The number of hydrogen-bond donors (Lipinski definition) is 3. The van der Waals surface area contributed by atoms with Gasteiger partial charge in [-0.15, -0.1) is 0 Å². The third-order valence-corrected chi connectivity index (χ3v) is 8.11. The molecule has 8 nitrogen and oxygen atoms in total. The molecule has 1 aliphatic rings. The number of H-pyrrole nitrogens is 1. The van der Waals surface area contributed by atoms with Crippen LogP contribution in [0.25, 0.3) is 22.6 Å². The lowest BCUT2D eigenvalue weighted by Crippen LogP contribution is -2.54. The van der Waals surface area contributed by atoms with Crippen molar-refractivity contribution in [3.05, 3.63) is 57.9 Å². The molecule has 0 aliphatic heterocycles.